The number of amides is 4. The Hall–Kier alpha value is -10.8. The molecule has 0 saturated heterocycles. The smallest absolute Gasteiger partial charge is 0.408 e. The summed E-state index contributed by atoms with van der Waals surface area (Å²) in [5.74, 6) is -17.5. The van der Waals surface area contributed by atoms with E-state index in [1.807, 2.05) is 18.2 Å². The van der Waals surface area contributed by atoms with Crippen LogP contribution in [0.25, 0.3) is 11.1 Å². The maximum absolute atomic E-state index is 15.2. The quantitative estimate of drug-likeness (QED) is 0.00766. The highest BCUT2D eigenvalue weighted by molar-refractivity contribution is 5.93. The maximum Gasteiger partial charge on any atom is 0.408 e. The van der Waals surface area contributed by atoms with Crippen LogP contribution in [0, 0.1) is 29.1 Å². The molecular formula is C72H69F5N4O14. The molecule has 0 spiro atoms. The lowest BCUT2D eigenvalue weighted by Crippen LogP contribution is -2.62. The monoisotopic (exact) mass is 1310 g/mol. The molecule has 4 amide bonds. The number of rotatable bonds is 28. The largest absolute Gasteiger partial charge is 0.489 e. The number of esters is 2. The number of ether oxygens (including phenoxy) is 7. The molecule has 496 valence electrons. The van der Waals surface area contributed by atoms with Gasteiger partial charge in [-0.05, 0) is 102 Å². The van der Waals surface area contributed by atoms with Gasteiger partial charge in [-0.25, -0.2) is 37.1 Å². The van der Waals surface area contributed by atoms with Crippen molar-refractivity contribution in [1.29, 1.82) is 0 Å². The molecule has 0 heterocycles. The van der Waals surface area contributed by atoms with Crippen LogP contribution >= 0.6 is 0 Å². The lowest BCUT2D eigenvalue weighted by atomic mass is 9.91. The zero-order chi connectivity index (χ0) is 68.1. The lowest BCUT2D eigenvalue weighted by molar-refractivity contribution is -0.150. The summed E-state index contributed by atoms with van der Waals surface area (Å²) in [6.07, 6.45) is -6.31. The van der Waals surface area contributed by atoms with Crippen LogP contribution in [0.5, 0.6) is 17.2 Å². The van der Waals surface area contributed by atoms with E-state index in [1.54, 1.807) is 178 Å². The van der Waals surface area contributed by atoms with Crippen LogP contribution in [-0.4, -0.2) is 77.1 Å². The number of hydrogen-bond donors (Lipinski definition) is 5. The van der Waals surface area contributed by atoms with Gasteiger partial charge in [-0.1, -0.05) is 164 Å². The molecule has 0 bridgehead atoms. The second-order valence-electron chi connectivity index (χ2n) is 23.1. The van der Waals surface area contributed by atoms with Crippen molar-refractivity contribution in [3.8, 4) is 28.4 Å². The first-order valence-corrected chi connectivity index (χ1v) is 30.0. The summed E-state index contributed by atoms with van der Waals surface area (Å²) in [5.41, 5.74) is 1.23. The van der Waals surface area contributed by atoms with Gasteiger partial charge in [-0.3, -0.25) is 4.79 Å². The Kier molecular flexibility index (Phi) is 24.5. The average Bonchev–Trinajstić information content (AvgIpc) is 0.822. The van der Waals surface area contributed by atoms with E-state index in [4.69, 9.17) is 33.2 Å². The molecule has 5 N–H and O–H groups in total. The second kappa shape index (κ2) is 33.2. The minimum atomic E-state index is -2.51. The number of aliphatic hydroxyl groups is 1. The van der Waals surface area contributed by atoms with Gasteiger partial charge >= 0.3 is 30.2 Å². The predicted octanol–water partition coefficient (Wildman–Crippen LogP) is 12.4. The molecule has 0 aliphatic rings. The van der Waals surface area contributed by atoms with E-state index in [0.717, 1.165) is 5.56 Å². The number of halogens is 5. The van der Waals surface area contributed by atoms with Crippen LogP contribution in [0.3, 0.4) is 0 Å². The molecule has 0 unspecified atom stereocenters. The minimum absolute atomic E-state index is 0.00708. The highest BCUT2D eigenvalue weighted by Crippen LogP contribution is 2.35. The number of alkyl carbamates (subject to hydrolysis) is 3. The van der Waals surface area contributed by atoms with E-state index >= 15 is 13.6 Å². The van der Waals surface area contributed by atoms with Crippen molar-refractivity contribution in [3.05, 3.63) is 256 Å². The van der Waals surface area contributed by atoms with Crippen LogP contribution in [0.1, 0.15) is 73.1 Å². The van der Waals surface area contributed by atoms with Crippen molar-refractivity contribution in [2.24, 2.45) is 0 Å². The van der Waals surface area contributed by atoms with Gasteiger partial charge in [-0.15, -0.1) is 0 Å². The molecule has 0 aromatic heterocycles. The number of hydrogen-bond acceptors (Lipinski definition) is 14. The van der Waals surface area contributed by atoms with Crippen molar-refractivity contribution in [1.82, 2.24) is 21.3 Å². The van der Waals surface area contributed by atoms with Gasteiger partial charge in [0.2, 0.25) is 40.7 Å². The number of benzene rings is 8. The summed E-state index contributed by atoms with van der Waals surface area (Å²) in [5, 5.41) is 21.5. The third kappa shape index (κ3) is 20.8. The molecule has 0 fully saturated rings. The fourth-order valence-corrected chi connectivity index (χ4v) is 9.56. The van der Waals surface area contributed by atoms with Gasteiger partial charge in [-0.2, -0.15) is 8.78 Å². The molecule has 18 nitrogen and oxygen atoms in total. The molecule has 4 atom stereocenters. The molecule has 0 saturated carbocycles. The zero-order valence-electron chi connectivity index (χ0n) is 52.1. The van der Waals surface area contributed by atoms with Crippen molar-refractivity contribution < 1.29 is 89.0 Å². The lowest BCUT2D eigenvalue weighted by Gasteiger charge is -2.33. The summed E-state index contributed by atoms with van der Waals surface area (Å²) in [7, 11) is 0. The van der Waals surface area contributed by atoms with E-state index in [2.05, 4.69) is 21.3 Å². The topological polar surface area (TPSA) is 235 Å². The van der Waals surface area contributed by atoms with Crippen LogP contribution in [0.15, 0.2) is 188 Å². The fourth-order valence-electron chi connectivity index (χ4n) is 9.56. The van der Waals surface area contributed by atoms with E-state index < -0.39 is 120 Å². The highest BCUT2D eigenvalue weighted by Gasteiger charge is 2.41. The van der Waals surface area contributed by atoms with Crippen molar-refractivity contribution in [3.63, 3.8) is 0 Å². The Morgan fingerprint density at radius 3 is 1.27 bits per heavy atom. The van der Waals surface area contributed by atoms with Crippen LogP contribution in [-0.2, 0) is 79.2 Å². The van der Waals surface area contributed by atoms with E-state index in [-0.39, 0.29) is 62.1 Å². The fraction of sp³-hybridized carbons (Fsp3) is 0.250. The number of nitrogens with one attached hydrogen (secondary N) is 4. The summed E-state index contributed by atoms with van der Waals surface area (Å²) in [4.78, 5) is 83.9. The first-order valence-electron chi connectivity index (χ1n) is 30.0. The molecule has 23 heteroatoms. The van der Waals surface area contributed by atoms with E-state index in [0.29, 0.717) is 33.4 Å². The molecule has 0 aliphatic carbocycles. The van der Waals surface area contributed by atoms with Gasteiger partial charge < -0.3 is 59.5 Å². The van der Waals surface area contributed by atoms with E-state index in [9.17, 15) is 42.3 Å². The first-order chi connectivity index (χ1) is 45.5. The summed E-state index contributed by atoms with van der Waals surface area (Å²) in [6.45, 7) is 4.92. The Morgan fingerprint density at radius 2 is 0.842 bits per heavy atom. The third-order valence-corrected chi connectivity index (χ3v) is 14.4. The van der Waals surface area contributed by atoms with Crippen molar-refractivity contribution in [2.75, 3.05) is 6.54 Å². The Morgan fingerprint density at radius 1 is 0.453 bits per heavy atom. The average molecular weight is 1310 g/mol. The Labute approximate surface area is 544 Å². The molecule has 8 rings (SSSR count). The SMILES string of the molecule is CC(C)(C)OC(=O)N[C@@](C)(C[C@@H](O)CNC(=O)OCc1ccccc1)C(=O)N[C@@H](Cc1cc(-c2ccc(OCc3ccccc3)c(C[C@H](NC(=O)OCc3ccccc3)C(=O)Oc3c(F)c(F)c(F)c(F)c3F)c2)ccc1OCc1ccccc1)C(=O)OCc1ccccc1. The van der Waals surface area contributed by atoms with E-state index in [1.165, 1.54) is 19.1 Å². The minimum Gasteiger partial charge on any atom is -0.489 e. The molecule has 8 aromatic carbocycles. The van der Waals surface area contributed by atoms with Gasteiger partial charge in [0.15, 0.2) is 0 Å². The maximum atomic E-state index is 15.2. The molecule has 0 radical (unpaired) electrons. The van der Waals surface area contributed by atoms with Gasteiger partial charge in [0, 0.05) is 25.8 Å². The summed E-state index contributed by atoms with van der Waals surface area (Å²) < 4.78 is 113. The van der Waals surface area contributed by atoms with Crippen molar-refractivity contribution in [2.45, 2.75) is 109 Å². The summed E-state index contributed by atoms with van der Waals surface area (Å²) >= 11 is 0. The predicted molar refractivity (Wildman–Crippen MR) is 337 cm³/mol. The second-order valence-corrected chi connectivity index (χ2v) is 23.1. The van der Waals surface area contributed by atoms with Crippen LogP contribution in [0.2, 0.25) is 0 Å². The van der Waals surface area contributed by atoms with Crippen LogP contribution < -0.4 is 35.5 Å². The molecular weight excluding hydrogens is 1240 g/mol. The zero-order valence-corrected chi connectivity index (χ0v) is 52.1. The molecule has 95 heavy (non-hydrogen) atoms. The highest BCUT2D eigenvalue weighted by atomic mass is 19.2. The number of aliphatic hydroxyl groups excluding tert-OH is 1. The first kappa shape index (κ1) is 70.1. The van der Waals surface area contributed by atoms with Gasteiger partial charge in [0.1, 0.15) is 67.8 Å². The summed E-state index contributed by atoms with van der Waals surface area (Å²) in [6, 6.07) is 49.7. The molecule has 8 aromatic rings. The van der Waals surface area contributed by atoms with Gasteiger partial charge in [0.25, 0.3) is 0 Å². The standard InChI is InChI=1S/C72H69F5N4O14/c1-71(2,3)95-70(88)81-72(4,38-54(82)39-78-68(86)92-43-48-26-16-8-17-27-48)67(85)79-55(65(83)91-42-47-24-14-7-15-25-47)36-52-34-50(30-32-57(52)89-40-45-20-10-5-11-21-45)51-31-33-58(90-41-46-22-12-6-13-23-46)53(35-51)37-56(80-69(87)93-44-49-28-18-9-19-29-49)66(84)94-64-62(76)60(74)59(73)61(75)63(64)77/h5-35,54-56,82H,36-44H2,1-4H3,(H,78,86)(H,79,85)(H,80,87)(H,81,88)/t54-,55+,56+,72+/m1/s1. The van der Waals surface area contributed by atoms with Crippen LogP contribution in [0.4, 0.5) is 36.3 Å². The number of carbonyl (C=O) groups is 6. The normalized spacial score (nSPS) is 12.7. The van der Waals surface area contributed by atoms with Crippen molar-refractivity contribution >= 4 is 36.1 Å². The third-order valence-electron chi connectivity index (χ3n) is 14.4. The number of carbonyl (C=O) groups excluding carboxylic acids is 6. The Bertz CT molecular complexity index is 3900. The molecule has 0 aliphatic heterocycles. The van der Waals surface area contributed by atoms with Gasteiger partial charge in [0.05, 0.1) is 6.10 Å². The Balaban J connectivity index is 1.17.